The maximum atomic E-state index is 5.50. The molecule has 1 aliphatic heterocycles. The van der Waals surface area contributed by atoms with Gasteiger partial charge in [0.2, 0.25) is 0 Å². The highest BCUT2D eigenvalue weighted by Gasteiger charge is 2.14. The van der Waals surface area contributed by atoms with E-state index in [0.717, 1.165) is 25.7 Å². The Morgan fingerprint density at radius 3 is 2.76 bits per heavy atom. The molecule has 0 bridgehead atoms. The van der Waals surface area contributed by atoms with Gasteiger partial charge in [0.25, 0.3) is 0 Å². The van der Waals surface area contributed by atoms with Crippen LogP contribution in [0.4, 0.5) is 0 Å². The van der Waals surface area contributed by atoms with Crippen LogP contribution in [-0.2, 0) is 4.74 Å². The monoisotopic (exact) mass is 241 g/mol. The minimum Gasteiger partial charge on any atom is -0.381 e. The Morgan fingerprint density at radius 2 is 2.06 bits per heavy atom. The summed E-state index contributed by atoms with van der Waals surface area (Å²) in [5.41, 5.74) is 0. The van der Waals surface area contributed by atoms with Crippen molar-refractivity contribution < 1.29 is 4.74 Å². The highest BCUT2D eigenvalue weighted by Crippen LogP contribution is 2.13. The number of nitrogens with one attached hydrogen (secondary N) is 1. The summed E-state index contributed by atoms with van der Waals surface area (Å²) in [7, 11) is 0. The van der Waals surface area contributed by atoms with E-state index in [9.17, 15) is 0 Å². The largest absolute Gasteiger partial charge is 0.381 e. The molecular formula is C15H31NO. The Balaban J connectivity index is 1.91. The molecule has 0 saturated carbocycles. The number of unbranched alkanes of at least 4 members (excludes halogenated alkanes) is 4. The topological polar surface area (TPSA) is 21.3 Å². The summed E-state index contributed by atoms with van der Waals surface area (Å²) in [4.78, 5) is 0. The summed E-state index contributed by atoms with van der Waals surface area (Å²) >= 11 is 0. The van der Waals surface area contributed by atoms with Crippen LogP contribution in [0.3, 0.4) is 0 Å². The normalized spacial score (nSPS) is 22.6. The fourth-order valence-corrected chi connectivity index (χ4v) is 2.49. The van der Waals surface area contributed by atoms with E-state index < -0.39 is 0 Å². The van der Waals surface area contributed by atoms with Crippen molar-refractivity contribution in [3.8, 4) is 0 Å². The van der Waals surface area contributed by atoms with Gasteiger partial charge in [0, 0.05) is 19.2 Å². The molecule has 1 heterocycles. The third kappa shape index (κ3) is 7.77. The average molecular weight is 241 g/mol. The molecule has 0 amide bonds. The molecule has 1 N–H and O–H groups in total. The van der Waals surface area contributed by atoms with Gasteiger partial charge in [0.1, 0.15) is 0 Å². The maximum absolute atomic E-state index is 5.50. The Morgan fingerprint density at radius 1 is 1.24 bits per heavy atom. The molecule has 0 aromatic rings. The summed E-state index contributed by atoms with van der Waals surface area (Å²) in [6, 6.07) is 0.679. The first kappa shape index (κ1) is 15.0. The van der Waals surface area contributed by atoms with Crippen LogP contribution in [0.15, 0.2) is 0 Å². The van der Waals surface area contributed by atoms with Crippen LogP contribution >= 0.6 is 0 Å². The van der Waals surface area contributed by atoms with E-state index >= 15 is 0 Å². The quantitative estimate of drug-likeness (QED) is 0.621. The van der Waals surface area contributed by atoms with Gasteiger partial charge < -0.3 is 10.1 Å². The zero-order chi connectivity index (χ0) is 12.3. The minimum atomic E-state index is 0.679. The Bertz CT molecular complexity index is 166. The second kappa shape index (κ2) is 9.90. The molecule has 17 heavy (non-hydrogen) atoms. The van der Waals surface area contributed by atoms with Crippen molar-refractivity contribution in [3.05, 3.63) is 0 Å². The minimum absolute atomic E-state index is 0.679. The van der Waals surface area contributed by atoms with Crippen LogP contribution < -0.4 is 5.32 Å². The smallest absolute Gasteiger partial charge is 0.0506 e. The second-order valence-electron chi connectivity index (χ2n) is 5.60. The van der Waals surface area contributed by atoms with Crippen molar-refractivity contribution in [2.75, 3.05) is 19.8 Å². The van der Waals surface area contributed by atoms with Gasteiger partial charge >= 0.3 is 0 Å². The molecule has 0 aromatic heterocycles. The number of hydrogen-bond donors (Lipinski definition) is 1. The number of rotatable bonds is 9. The van der Waals surface area contributed by atoms with Gasteiger partial charge in [-0.3, -0.25) is 0 Å². The summed E-state index contributed by atoms with van der Waals surface area (Å²) in [6.45, 7) is 7.69. The van der Waals surface area contributed by atoms with E-state index in [1.165, 1.54) is 51.4 Å². The molecule has 0 aliphatic carbocycles. The predicted molar refractivity (Wildman–Crippen MR) is 74.4 cm³/mol. The van der Waals surface area contributed by atoms with Crippen molar-refractivity contribution in [2.45, 2.75) is 71.3 Å². The van der Waals surface area contributed by atoms with E-state index in [4.69, 9.17) is 4.74 Å². The zero-order valence-corrected chi connectivity index (χ0v) is 11.8. The molecule has 0 spiro atoms. The lowest BCUT2D eigenvalue weighted by atomic mass is 10.0. The molecule has 2 atom stereocenters. The third-order valence-electron chi connectivity index (χ3n) is 3.75. The van der Waals surface area contributed by atoms with E-state index in [2.05, 4.69) is 19.2 Å². The molecule has 2 unspecified atom stereocenters. The van der Waals surface area contributed by atoms with Crippen LogP contribution in [0.5, 0.6) is 0 Å². The third-order valence-corrected chi connectivity index (χ3v) is 3.75. The Labute approximate surface area is 108 Å². The molecule has 1 saturated heterocycles. The van der Waals surface area contributed by atoms with Crippen LogP contribution in [-0.4, -0.2) is 25.8 Å². The van der Waals surface area contributed by atoms with Crippen molar-refractivity contribution in [2.24, 2.45) is 5.92 Å². The van der Waals surface area contributed by atoms with Gasteiger partial charge in [-0.2, -0.15) is 0 Å². The summed E-state index contributed by atoms with van der Waals surface area (Å²) in [5, 5.41) is 3.66. The zero-order valence-electron chi connectivity index (χ0n) is 11.8. The summed E-state index contributed by atoms with van der Waals surface area (Å²) in [5.74, 6) is 0.756. The van der Waals surface area contributed by atoms with Crippen LogP contribution in [0.1, 0.15) is 65.2 Å². The van der Waals surface area contributed by atoms with Gasteiger partial charge in [0.05, 0.1) is 6.61 Å². The standard InChI is InChI=1S/C15H31NO/c1-3-4-5-6-7-9-14(2)16-12-15-10-8-11-17-13-15/h14-16H,3-13H2,1-2H3. The summed E-state index contributed by atoms with van der Waals surface area (Å²) in [6.07, 6.45) is 10.9. The van der Waals surface area contributed by atoms with Crippen molar-refractivity contribution in [1.29, 1.82) is 0 Å². The van der Waals surface area contributed by atoms with E-state index in [1.807, 2.05) is 0 Å². The molecule has 1 aliphatic rings. The SMILES string of the molecule is CCCCCCCC(C)NCC1CCCOC1. The molecular weight excluding hydrogens is 210 g/mol. The predicted octanol–water partition coefficient (Wildman–Crippen LogP) is 3.75. The van der Waals surface area contributed by atoms with Gasteiger partial charge in [-0.05, 0) is 32.1 Å². The molecule has 0 aromatic carbocycles. The number of hydrogen-bond acceptors (Lipinski definition) is 2. The first-order valence-electron chi connectivity index (χ1n) is 7.64. The number of ether oxygens (including phenoxy) is 1. The molecule has 0 radical (unpaired) electrons. The van der Waals surface area contributed by atoms with E-state index in [0.29, 0.717) is 6.04 Å². The average Bonchev–Trinajstić information content (AvgIpc) is 2.37. The van der Waals surface area contributed by atoms with Gasteiger partial charge in [-0.25, -0.2) is 0 Å². The fraction of sp³-hybridized carbons (Fsp3) is 1.00. The first-order chi connectivity index (χ1) is 8.33. The van der Waals surface area contributed by atoms with Crippen molar-refractivity contribution >= 4 is 0 Å². The molecule has 1 fully saturated rings. The molecule has 2 heteroatoms. The molecule has 102 valence electrons. The lowest BCUT2D eigenvalue weighted by molar-refractivity contribution is 0.0539. The summed E-state index contributed by atoms with van der Waals surface area (Å²) < 4.78 is 5.50. The van der Waals surface area contributed by atoms with Crippen LogP contribution in [0.2, 0.25) is 0 Å². The van der Waals surface area contributed by atoms with Gasteiger partial charge in [0.15, 0.2) is 0 Å². The second-order valence-corrected chi connectivity index (χ2v) is 5.60. The lowest BCUT2D eigenvalue weighted by Gasteiger charge is -2.24. The first-order valence-corrected chi connectivity index (χ1v) is 7.64. The van der Waals surface area contributed by atoms with Crippen LogP contribution in [0, 0.1) is 5.92 Å². The molecule has 1 rings (SSSR count). The fourth-order valence-electron chi connectivity index (χ4n) is 2.49. The van der Waals surface area contributed by atoms with Crippen molar-refractivity contribution in [3.63, 3.8) is 0 Å². The highest BCUT2D eigenvalue weighted by atomic mass is 16.5. The highest BCUT2D eigenvalue weighted by molar-refractivity contribution is 4.69. The Kier molecular flexibility index (Phi) is 8.72. The maximum Gasteiger partial charge on any atom is 0.0506 e. The lowest BCUT2D eigenvalue weighted by Crippen LogP contribution is -2.34. The van der Waals surface area contributed by atoms with E-state index in [1.54, 1.807) is 0 Å². The van der Waals surface area contributed by atoms with E-state index in [-0.39, 0.29) is 0 Å². The van der Waals surface area contributed by atoms with Gasteiger partial charge in [-0.15, -0.1) is 0 Å². The van der Waals surface area contributed by atoms with Crippen molar-refractivity contribution in [1.82, 2.24) is 5.32 Å². The molecule has 2 nitrogen and oxygen atoms in total. The van der Waals surface area contributed by atoms with Gasteiger partial charge in [-0.1, -0.05) is 39.0 Å². The van der Waals surface area contributed by atoms with Crippen LogP contribution in [0.25, 0.3) is 0 Å². The Hall–Kier alpha value is -0.0800.